The van der Waals surface area contributed by atoms with Crippen LogP contribution in [0.4, 0.5) is 5.95 Å². The first-order chi connectivity index (χ1) is 13.2. The zero-order valence-corrected chi connectivity index (χ0v) is 16.7. The van der Waals surface area contributed by atoms with Crippen LogP contribution in [-0.4, -0.2) is 41.1 Å². The molecule has 0 radical (unpaired) electrons. The van der Waals surface area contributed by atoms with Crippen molar-refractivity contribution < 1.29 is 4.74 Å². The van der Waals surface area contributed by atoms with Gasteiger partial charge in [-0.25, -0.2) is 0 Å². The maximum atomic E-state index is 6.32. The van der Waals surface area contributed by atoms with Crippen LogP contribution in [0.25, 0.3) is 5.69 Å². The molecule has 2 aromatic carbocycles. The predicted molar refractivity (Wildman–Crippen MR) is 110 cm³/mol. The van der Waals surface area contributed by atoms with Gasteiger partial charge in [0.25, 0.3) is 0 Å². The molecule has 3 aromatic rings. The van der Waals surface area contributed by atoms with Crippen molar-refractivity contribution in [2.75, 3.05) is 31.2 Å². The molecule has 2 heterocycles. The number of hydrogen-bond donors (Lipinski definition) is 0. The van der Waals surface area contributed by atoms with Crippen LogP contribution >= 0.6 is 23.4 Å². The summed E-state index contributed by atoms with van der Waals surface area (Å²) in [6.07, 6.45) is 0. The van der Waals surface area contributed by atoms with E-state index in [0.717, 1.165) is 46.2 Å². The zero-order chi connectivity index (χ0) is 18.6. The van der Waals surface area contributed by atoms with Gasteiger partial charge in [0.2, 0.25) is 5.95 Å². The molecule has 0 aliphatic carbocycles. The number of rotatable bonds is 5. The third-order valence-corrected chi connectivity index (χ3v) is 5.83. The van der Waals surface area contributed by atoms with Gasteiger partial charge in [0.1, 0.15) is 0 Å². The first-order valence-corrected chi connectivity index (χ1v) is 10.3. The summed E-state index contributed by atoms with van der Waals surface area (Å²) in [5.41, 5.74) is 3.37. The molecule has 4 rings (SSSR count). The van der Waals surface area contributed by atoms with Crippen LogP contribution < -0.4 is 4.90 Å². The van der Waals surface area contributed by atoms with E-state index in [0.29, 0.717) is 13.2 Å². The van der Waals surface area contributed by atoms with Crippen LogP contribution in [0.3, 0.4) is 0 Å². The van der Waals surface area contributed by atoms with Gasteiger partial charge in [0.15, 0.2) is 5.16 Å². The number of anilines is 1. The van der Waals surface area contributed by atoms with E-state index in [9.17, 15) is 0 Å². The lowest BCUT2D eigenvalue weighted by molar-refractivity contribution is 0.122. The number of thioether (sulfide) groups is 1. The molecule has 0 amide bonds. The number of halogens is 1. The molecule has 1 aromatic heterocycles. The molecular weight excluding hydrogens is 380 g/mol. The SMILES string of the molecule is Cc1cccc(-n2c(SCc3ccccc3Cl)nnc2N2CCOCC2)c1. The van der Waals surface area contributed by atoms with Crippen molar-refractivity contribution in [1.82, 2.24) is 14.8 Å². The molecule has 0 spiro atoms. The summed E-state index contributed by atoms with van der Waals surface area (Å²) in [4.78, 5) is 2.23. The highest BCUT2D eigenvalue weighted by Crippen LogP contribution is 2.31. The van der Waals surface area contributed by atoms with E-state index in [4.69, 9.17) is 16.3 Å². The second-order valence-electron chi connectivity index (χ2n) is 6.44. The maximum absolute atomic E-state index is 6.32. The van der Waals surface area contributed by atoms with Gasteiger partial charge in [-0.2, -0.15) is 0 Å². The van der Waals surface area contributed by atoms with E-state index in [1.807, 2.05) is 24.3 Å². The van der Waals surface area contributed by atoms with Gasteiger partial charge in [-0.1, -0.05) is 53.7 Å². The molecule has 27 heavy (non-hydrogen) atoms. The van der Waals surface area contributed by atoms with Crippen molar-refractivity contribution in [3.05, 3.63) is 64.7 Å². The topological polar surface area (TPSA) is 43.2 Å². The number of benzene rings is 2. The highest BCUT2D eigenvalue weighted by atomic mass is 35.5. The van der Waals surface area contributed by atoms with Crippen LogP contribution in [-0.2, 0) is 10.5 Å². The summed E-state index contributed by atoms with van der Waals surface area (Å²) in [5.74, 6) is 1.61. The fourth-order valence-corrected chi connectivity index (χ4v) is 4.31. The van der Waals surface area contributed by atoms with Gasteiger partial charge in [0.05, 0.1) is 18.9 Å². The molecule has 1 aliphatic heterocycles. The molecule has 0 atom stereocenters. The molecule has 5 nitrogen and oxygen atoms in total. The Morgan fingerprint density at radius 1 is 1.07 bits per heavy atom. The van der Waals surface area contributed by atoms with E-state index in [1.54, 1.807) is 11.8 Å². The summed E-state index contributed by atoms with van der Waals surface area (Å²) in [7, 11) is 0. The van der Waals surface area contributed by atoms with Gasteiger partial charge < -0.3 is 9.64 Å². The minimum atomic E-state index is 0.711. The smallest absolute Gasteiger partial charge is 0.232 e. The molecule has 0 saturated carbocycles. The van der Waals surface area contributed by atoms with E-state index in [-0.39, 0.29) is 0 Å². The summed E-state index contributed by atoms with van der Waals surface area (Å²) >= 11 is 7.96. The van der Waals surface area contributed by atoms with Gasteiger partial charge in [-0.3, -0.25) is 4.57 Å². The average Bonchev–Trinajstić information content (AvgIpc) is 3.12. The Kier molecular flexibility index (Phi) is 5.66. The minimum Gasteiger partial charge on any atom is -0.378 e. The Labute approximate surface area is 168 Å². The number of hydrogen-bond acceptors (Lipinski definition) is 5. The lowest BCUT2D eigenvalue weighted by Gasteiger charge is -2.28. The number of ether oxygens (including phenoxy) is 1. The predicted octanol–water partition coefficient (Wildman–Crippen LogP) is 4.36. The number of aromatic nitrogens is 3. The van der Waals surface area contributed by atoms with Crippen molar-refractivity contribution in [1.29, 1.82) is 0 Å². The lowest BCUT2D eigenvalue weighted by Crippen LogP contribution is -2.37. The summed E-state index contributed by atoms with van der Waals surface area (Å²) in [6, 6.07) is 16.3. The van der Waals surface area contributed by atoms with Crippen molar-refractivity contribution in [2.45, 2.75) is 17.8 Å². The van der Waals surface area contributed by atoms with Crippen LogP contribution in [0.1, 0.15) is 11.1 Å². The van der Waals surface area contributed by atoms with E-state index >= 15 is 0 Å². The summed E-state index contributed by atoms with van der Waals surface area (Å²) in [5, 5.41) is 10.6. The van der Waals surface area contributed by atoms with Crippen LogP contribution in [0.15, 0.2) is 53.7 Å². The van der Waals surface area contributed by atoms with Gasteiger partial charge >= 0.3 is 0 Å². The number of aryl methyl sites for hydroxylation is 1. The highest BCUT2D eigenvalue weighted by molar-refractivity contribution is 7.98. The van der Waals surface area contributed by atoms with E-state index in [1.165, 1.54) is 5.56 Å². The van der Waals surface area contributed by atoms with Crippen LogP contribution in [0.2, 0.25) is 5.02 Å². The van der Waals surface area contributed by atoms with Gasteiger partial charge in [0, 0.05) is 23.9 Å². The minimum absolute atomic E-state index is 0.711. The van der Waals surface area contributed by atoms with Crippen molar-refractivity contribution in [3.8, 4) is 5.69 Å². The monoisotopic (exact) mass is 400 g/mol. The fraction of sp³-hybridized carbons (Fsp3) is 0.300. The van der Waals surface area contributed by atoms with Crippen molar-refractivity contribution in [2.24, 2.45) is 0 Å². The third kappa shape index (κ3) is 4.13. The van der Waals surface area contributed by atoms with Gasteiger partial charge in [-0.15, -0.1) is 10.2 Å². The van der Waals surface area contributed by atoms with Crippen LogP contribution in [0.5, 0.6) is 0 Å². The van der Waals surface area contributed by atoms with Crippen molar-refractivity contribution >= 4 is 29.3 Å². The Morgan fingerprint density at radius 2 is 1.89 bits per heavy atom. The normalized spacial score (nSPS) is 14.5. The molecule has 1 fully saturated rings. The largest absolute Gasteiger partial charge is 0.378 e. The Balaban J connectivity index is 1.68. The second kappa shape index (κ2) is 8.33. The standard InChI is InChI=1S/C20H21ClN4OS/c1-15-5-4-7-17(13-15)25-19(24-9-11-26-12-10-24)22-23-20(25)27-14-16-6-2-3-8-18(16)21/h2-8,13H,9-12,14H2,1H3. The van der Waals surface area contributed by atoms with E-state index in [2.05, 4.69) is 50.9 Å². The zero-order valence-electron chi connectivity index (χ0n) is 15.1. The highest BCUT2D eigenvalue weighted by Gasteiger charge is 2.22. The molecule has 1 aliphatic rings. The Morgan fingerprint density at radius 3 is 2.67 bits per heavy atom. The maximum Gasteiger partial charge on any atom is 0.232 e. The summed E-state index contributed by atoms with van der Waals surface area (Å²) < 4.78 is 7.63. The fourth-order valence-electron chi connectivity index (χ4n) is 3.07. The molecular formula is C20H21ClN4OS. The quantitative estimate of drug-likeness (QED) is 0.595. The Hall–Kier alpha value is -2.02. The Bertz CT molecular complexity index is 924. The second-order valence-corrected chi connectivity index (χ2v) is 7.79. The van der Waals surface area contributed by atoms with E-state index < -0.39 is 0 Å². The lowest BCUT2D eigenvalue weighted by atomic mass is 10.2. The number of morpholine rings is 1. The molecule has 0 N–H and O–H groups in total. The first-order valence-electron chi connectivity index (χ1n) is 8.94. The molecule has 140 valence electrons. The molecule has 0 unspecified atom stereocenters. The molecule has 0 bridgehead atoms. The molecule has 7 heteroatoms. The third-order valence-electron chi connectivity index (χ3n) is 4.48. The first kappa shape index (κ1) is 18.3. The molecule has 1 saturated heterocycles. The van der Waals surface area contributed by atoms with Crippen LogP contribution in [0, 0.1) is 6.92 Å². The van der Waals surface area contributed by atoms with Gasteiger partial charge in [-0.05, 0) is 36.2 Å². The summed E-state index contributed by atoms with van der Waals surface area (Å²) in [6.45, 7) is 5.16. The van der Waals surface area contributed by atoms with Crippen molar-refractivity contribution in [3.63, 3.8) is 0 Å². The average molecular weight is 401 g/mol. The number of nitrogens with zero attached hydrogens (tertiary/aromatic N) is 4.